The molecule has 0 amide bonds. The van der Waals surface area contributed by atoms with Gasteiger partial charge >= 0.3 is 0 Å². The number of aliphatic hydroxyl groups excluding tert-OH is 1. The zero-order valence-electron chi connectivity index (χ0n) is 10.6. The normalized spacial score (nSPS) is 11.2. The van der Waals surface area contributed by atoms with E-state index in [1.165, 1.54) is 5.56 Å². The lowest BCUT2D eigenvalue weighted by atomic mass is 10.3. The number of pyridine rings is 1. The van der Waals surface area contributed by atoms with Crippen molar-refractivity contribution in [2.24, 2.45) is 0 Å². The molecule has 2 aromatic heterocycles. The number of nitrogens with zero attached hydrogens (tertiary/aromatic N) is 2. The van der Waals surface area contributed by atoms with E-state index in [0.717, 1.165) is 24.4 Å². The lowest BCUT2D eigenvalue weighted by Gasteiger charge is -2.06. The lowest BCUT2D eigenvalue weighted by Crippen LogP contribution is -2.20. The number of aromatic nitrogens is 2. The monoisotopic (exact) mass is 249 g/mol. The molecule has 0 aromatic carbocycles. The maximum Gasteiger partial charge on any atom is 0.136 e. The molecule has 2 aromatic rings. The molecule has 0 aliphatic carbocycles. The first-order valence-corrected chi connectivity index (χ1v) is 6.13. The van der Waals surface area contributed by atoms with Gasteiger partial charge in [0.2, 0.25) is 0 Å². The molecule has 0 spiro atoms. The standard InChI is InChI=1S/C13H19N3O2/c1-11-2-3-13-15-9-12(16(13)10-11)8-14-4-6-18-7-5-17/h2-3,9-10,14,17H,4-8H2,1H3. The number of hydrogen-bond acceptors (Lipinski definition) is 4. The predicted molar refractivity (Wildman–Crippen MR) is 69.5 cm³/mol. The molecule has 5 heteroatoms. The number of aliphatic hydroxyl groups is 1. The molecule has 0 fully saturated rings. The molecule has 18 heavy (non-hydrogen) atoms. The number of ether oxygens (including phenoxy) is 1. The summed E-state index contributed by atoms with van der Waals surface area (Å²) in [4.78, 5) is 4.35. The van der Waals surface area contributed by atoms with Gasteiger partial charge in [0, 0.05) is 19.3 Å². The van der Waals surface area contributed by atoms with Gasteiger partial charge < -0.3 is 19.6 Å². The van der Waals surface area contributed by atoms with Crippen LogP contribution in [0, 0.1) is 6.92 Å². The highest BCUT2D eigenvalue weighted by atomic mass is 16.5. The quantitative estimate of drug-likeness (QED) is 0.711. The van der Waals surface area contributed by atoms with Crippen LogP contribution < -0.4 is 5.32 Å². The van der Waals surface area contributed by atoms with Gasteiger partial charge in [0.15, 0.2) is 0 Å². The maximum absolute atomic E-state index is 8.56. The van der Waals surface area contributed by atoms with E-state index >= 15 is 0 Å². The van der Waals surface area contributed by atoms with Crippen LogP contribution in [0.1, 0.15) is 11.3 Å². The van der Waals surface area contributed by atoms with Gasteiger partial charge in [0.25, 0.3) is 0 Å². The van der Waals surface area contributed by atoms with Crippen molar-refractivity contribution in [3.63, 3.8) is 0 Å². The Balaban J connectivity index is 1.86. The summed E-state index contributed by atoms with van der Waals surface area (Å²) >= 11 is 0. The van der Waals surface area contributed by atoms with Crippen LogP contribution in [0.3, 0.4) is 0 Å². The molecule has 0 saturated heterocycles. The fourth-order valence-electron chi connectivity index (χ4n) is 1.80. The molecule has 0 saturated carbocycles. The van der Waals surface area contributed by atoms with Gasteiger partial charge in [-0.25, -0.2) is 4.98 Å². The first-order valence-electron chi connectivity index (χ1n) is 6.13. The molecule has 2 N–H and O–H groups in total. The van der Waals surface area contributed by atoms with Crippen LogP contribution in [0.25, 0.3) is 5.65 Å². The van der Waals surface area contributed by atoms with Crippen LogP contribution in [0.15, 0.2) is 24.5 Å². The SMILES string of the molecule is Cc1ccc2ncc(CNCCOCCO)n2c1. The Bertz CT molecular complexity index is 496. The smallest absolute Gasteiger partial charge is 0.136 e. The molecule has 2 rings (SSSR count). The highest BCUT2D eigenvalue weighted by Gasteiger charge is 2.02. The van der Waals surface area contributed by atoms with Crippen molar-refractivity contribution in [3.05, 3.63) is 35.8 Å². The fraction of sp³-hybridized carbons (Fsp3) is 0.462. The highest BCUT2D eigenvalue weighted by molar-refractivity contribution is 5.41. The van der Waals surface area contributed by atoms with Crippen LogP contribution in [0.5, 0.6) is 0 Å². The molecule has 5 nitrogen and oxygen atoms in total. The van der Waals surface area contributed by atoms with E-state index in [2.05, 4.69) is 33.9 Å². The summed E-state index contributed by atoms with van der Waals surface area (Å²) in [7, 11) is 0. The summed E-state index contributed by atoms with van der Waals surface area (Å²) < 4.78 is 7.27. The zero-order valence-corrected chi connectivity index (χ0v) is 10.6. The average Bonchev–Trinajstić information content (AvgIpc) is 2.76. The van der Waals surface area contributed by atoms with Crippen molar-refractivity contribution in [1.82, 2.24) is 14.7 Å². The zero-order chi connectivity index (χ0) is 12.8. The summed E-state index contributed by atoms with van der Waals surface area (Å²) in [6.45, 7) is 4.67. The largest absolute Gasteiger partial charge is 0.394 e. The van der Waals surface area contributed by atoms with Crippen molar-refractivity contribution in [2.45, 2.75) is 13.5 Å². The van der Waals surface area contributed by atoms with E-state index in [0.29, 0.717) is 13.2 Å². The number of aryl methyl sites for hydroxylation is 1. The molecular weight excluding hydrogens is 230 g/mol. The average molecular weight is 249 g/mol. The number of imidazole rings is 1. The van der Waals surface area contributed by atoms with Gasteiger partial charge in [0.1, 0.15) is 5.65 Å². The van der Waals surface area contributed by atoms with Gasteiger partial charge in [-0.3, -0.25) is 0 Å². The number of hydrogen-bond donors (Lipinski definition) is 2. The summed E-state index contributed by atoms with van der Waals surface area (Å²) in [6.07, 6.45) is 3.97. The Kier molecular flexibility index (Phi) is 4.69. The Morgan fingerprint density at radius 3 is 3.11 bits per heavy atom. The van der Waals surface area contributed by atoms with Crippen LogP contribution in [0.2, 0.25) is 0 Å². The van der Waals surface area contributed by atoms with Crippen molar-refractivity contribution in [3.8, 4) is 0 Å². The third kappa shape index (κ3) is 3.29. The van der Waals surface area contributed by atoms with Crippen LogP contribution in [-0.4, -0.2) is 40.9 Å². The van der Waals surface area contributed by atoms with E-state index in [1.807, 2.05) is 12.3 Å². The highest BCUT2D eigenvalue weighted by Crippen LogP contribution is 2.08. The fourth-order valence-corrected chi connectivity index (χ4v) is 1.80. The minimum atomic E-state index is 0.0759. The first-order chi connectivity index (χ1) is 8.81. The van der Waals surface area contributed by atoms with Crippen molar-refractivity contribution in [1.29, 1.82) is 0 Å². The molecule has 2 heterocycles. The van der Waals surface area contributed by atoms with Gasteiger partial charge in [0.05, 0.1) is 31.7 Å². The molecular formula is C13H19N3O2. The maximum atomic E-state index is 8.56. The van der Waals surface area contributed by atoms with Crippen LogP contribution >= 0.6 is 0 Å². The third-order valence-corrected chi connectivity index (χ3v) is 2.70. The van der Waals surface area contributed by atoms with Gasteiger partial charge in [-0.15, -0.1) is 0 Å². The van der Waals surface area contributed by atoms with E-state index < -0.39 is 0 Å². The minimum absolute atomic E-state index is 0.0759. The Labute approximate surface area is 106 Å². The second kappa shape index (κ2) is 6.49. The molecule has 0 aliphatic rings. The van der Waals surface area contributed by atoms with Gasteiger partial charge in [-0.05, 0) is 18.6 Å². The lowest BCUT2D eigenvalue weighted by molar-refractivity contribution is 0.0937. The van der Waals surface area contributed by atoms with Crippen molar-refractivity contribution < 1.29 is 9.84 Å². The summed E-state index contributed by atoms with van der Waals surface area (Å²) in [5, 5.41) is 11.9. The van der Waals surface area contributed by atoms with Crippen LogP contribution in [0.4, 0.5) is 0 Å². The number of fused-ring (bicyclic) bond motifs is 1. The Morgan fingerprint density at radius 1 is 1.39 bits per heavy atom. The first kappa shape index (κ1) is 13.0. The topological polar surface area (TPSA) is 58.8 Å². The summed E-state index contributed by atoms with van der Waals surface area (Å²) in [6, 6.07) is 4.07. The second-order valence-electron chi connectivity index (χ2n) is 4.20. The summed E-state index contributed by atoms with van der Waals surface area (Å²) in [5.41, 5.74) is 3.32. The van der Waals surface area contributed by atoms with Crippen molar-refractivity contribution >= 4 is 5.65 Å². The molecule has 98 valence electrons. The van der Waals surface area contributed by atoms with E-state index in [-0.39, 0.29) is 6.61 Å². The molecule has 0 atom stereocenters. The van der Waals surface area contributed by atoms with E-state index in [9.17, 15) is 0 Å². The van der Waals surface area contributed by atoms with E-state index in [4.69, 9.17) is 9.84 Å². The minimum Gasteiger partial charge on any atom is -0.394 e. The molecule has 0 bridgehead atoms. The Hall–Kier alpha value is -1.43. The van der Waals surface area contributed by atoms with Gasteiger partial charge in [-0.2, -0.15) is 0 Å². The Morgan fingerprint density at radius 2 is 2.28 bits per heavy atom. The second-order valence-corrected chi connectivity index (χ2v) is 4.20. The molecule has 0 aliphatic heterocycles. The molecule has 0 radical (unpaired) electrons. The van der Waals surface area contributed by atoms with Crippen molar-refractivity contribution in [2.75, 3.05) is 26.4 Å². The predicted octanol–water partition coefficient (Wildman–Crippen LogP) is 0.741. The number of rotatable bonds is 7. The van der Waals surface area contributed by atoms with Gasteiger partial charge in [-0.1, -0.05) is 6.07 Å². The summed E-state index contributed by atoms with van der Waals surface area (Å²) in [5.74, 6) is 0. The van der Waals surface area contributed by atoms with Crippen LogP contribution in [-0.2, 0) is 11.3 Å². The molecule has 0 unspecified atom stereocenters. The number of nitrogens with one attached hydrogen (secondary N) is 1. The van der Waals surface area contributed by atoms with E-state index in [1.54, 1.807) is 0 Å². The third-order valence-electron chi connectivity index (χ3n) is 2.70.